The molecule has 1 N–H and O–H groups in total. The summed E-state index contributed by atoms with van der Waals surface area (Å²) in [5.41, 5.74) is 2.31. The van der Waals surface area contributed by atoms with Crippen LogP contribution in [0.15, 0.2) is 55.7 Å². The molecule has 0 atom stereocenters. The van der Waals surface area contributed by atoms with Crippen LogP contribution in [0.3, 0.4) is 0 Å². The number of ether oxygens (including phenoxy) is 2. The maximum absolute atomic E-state index is 12.4. The molecule has 2 heterocycles. The fourth-order valence-electron chi connectivity index (χ4n) is 2.88. The van der Waals surface area contributed by atoms with Crippen molar-refractivity contribution in [2.24, 2.45) is 0 Å². The number of aromatic nitrogens is 2. The Kier molecular flexibility index (Phi) is 6.79. The van der Waals surface area contributed by atoms with Gasteiger partial charge in [-0.05, 0) is 49.4 Å². The molecule has 0 aliphatic heterocycles. The predicted molar refractivity (Wildman–Crippen MR) is 126 cm³/mol. The van der Waals surface area contributed by atoms with Crippen LogP contribution in [0.5, 0.6) is 5.75 Å². The number of anilines is 2. The second-order valence-corrected chi connectivity index (χ2v) is 9.40. The Morgan fingerprint density at radius 2 is 2.03 bits per heavy atom. The van der Waals surface area contributed by atoms with Gasteiger partial charge in [0.15, 0.2) is 4.34 Å². The molecule has 7 nitrogen and oxygen atoms in total. The van der Waals surface area contributed by atoms with Crippen molar-refractivity contribution in [3.05, 3.63) is 58.3 Å². The average Bonchev–Trinajstić information content (AvgIpc) is 3.37. The van der Waals surface area contributed by atoms with Gasteiger partial charge in [0.05, 0.1) is 13.7 Å². The number of esters is 1. The molecule has 0 aliphatic rings. The summed E-state index contributed by atoms with van der Waals surface area (Å²) in [6, 6.07) is 13.2. The third-order valence-corrected chi connectivity index (χ3v) is 6.79. The topological polar surface area (TPSA) is 86.5 Å². The van der Waals surface area contributed by atoms with Gasteiger partial charge in [0, 0.05) is 26.9 Å². The number of hydrogen-bond acceptors (Lipinski definition) is 9. The summed E-state index contributed by atoms with van der Waals surface area (Å²) < 4.78 is 17.8. The number of carbonyl (C=O) groups excluding carboxylic acids is 1. The fourth-order valence-corrected chi connectivity index (χ4v) is 5.04. The highest BCUT2D eigenvalue weighted by molar-refractivity contribution is 9.10. The number of furan rings is 1. The van der Waals surface area contributed by atoms with Crippen LogP contribution in [0.2, 0.25) is 0 Å². The van der Waals surface area contributed by atoms with E-state index in [0.717, 1.165) is 31.2 Å². The zero-order chi connectivity index (χ0) is 21.8. The molecule has 0 radical (unpaired) electrons. The van der Waals surface area contributed by atoms with E-state index >= 15 is 0 Å². The highest BCUT2D eigenvalue weighted by Gasteiger charge is 2.22. The van der Waals surface area contributed by atoms with Gasteiger partial charge >= 0.3 is 5.97 Å². The SMILES string of the molecule is CCOC(=O)c1oc2ccc(Br)cc2c1CSc1nnc(Nc2ccc(OC)cc2)s1. The van der Waals surface area contributed by atoms with Crippen molar-refractivity contribution in [2.45, 2.75) is 17.0 Å². The standard InChI is InChI=1S/C21H18BrN3O4S2/c1-3-28-19(26)18-16(15-10-12(22)4-9-17(15)29-18)11-30-21-25-24-20(31-21)23-13-5-7-14(27-2)8-6-13/h4-10H,3,11H2,1-2H3,(H,23,24). The van der Waals surface area contributed by atoms with E-state index < -0.39 is 5.97 Å². The Labute approximate surface area is 195 Å². The van der Waals surface area contributed by atoms with E-state index in [9.17, 15) is 4.79 Å². The van der Waals surface area contributed by atoms with Gasteiger partial charge in [0.25, 0.3) is 0 Å². The first kappa shape index (κ1) is 21.7. The minimum atomic E-state index is -0.468. The molecule has 0 spiro atoms. The second kappa shape index (κ2) is 9.71. The van der Waals surface area contributed by atoms with Gasteiger partial charge in [-0.3, -0.25) is 0 Å². The molecule has 0 fully saturated rings. The Hall–Kier alpha value is -2.56. The lowest BCUT2D eigenvalue weighted by Crippen LogP contribution is -2.05. The summed E-state index contributed by atoms with van der Waals surface area (Å²) in [7, 11) is 1.63. The molecule has 10 heteroatoms. The van der Waals surface area contributed by atoms with E-state index in [1.165, 1.54) is 23.1 Å². The van der Waals surface area contributed by atoms with Crippen molar-refractivity contribution in [1.29, 1.82) is 0 Å². The van der Waals surface area contributed by atoms with Crippen LogP contribution in [0.4, 0.5) is 10.8 Å². The van der Waals surface area contributed by atoms with E-state index in [1.54, 1.807) is 14.0 Å². The highest BCUT2D eigenvalue weighted by Crippen LogP contribution is 2.36. The van der Waals surface area contributed by atoms with E-state index in [1.807, 2.05) is 42.5 Å². The number of nitrogens with one attached hydrogen (secondary N) is 1. The lowest BCUT2D eigenvalue weighted by atomic mass is 10.1. The number of methoxy groups -OCH3 is 1. The molecule has 0 bridgehead atoms. The molecule has 2 aromatic carbocycles. The van der Waals surface area contributed by atoms with E-state index in [0.29, 0.717) is 16.5 Å². The summed E-state index contributed by atoms with van der Waals surface area (Å²) in [6.45, 7) is 2.05. The van der Waals surface area contributed by atoms with Crippen LogP contribution in [-0.4, -0.2) is 29.9 Å². The number of fused-ring (bicyclic) bond motifs is 1. The van der Waals surface area contributed by atoms with Crippen molar-refractivity contribution in [3.8, 4) is 5.75 Å². The number of thioether (sulfide) groups is 1. The van der Waals surface area contributed by atoms with Crippen molar-refractivity contribution in [3.63, 3.8) is 0 Å². The number of halogens is 1. The van der Waals surface area contributed by atoms with Crippen LogP contribution in [0, 0.1) is 0 Å². The first-order valence-corrected chi connectivity index (χ1v) is 11.9. The van der Waals surface area contributed by atoms with Gasteiger partial charge in [-0.2, -0.15) is 0 Å². The minimum Gasteiger partial charge on any atom is -0.497 e. The molecule has 160 valence electrons. The Balaban J connectivity index is 1.51. The van der Waals surface area contributed by atoms with Crippen LogP contribution in [-0.2, 0) is 10.5 Å². The van der Waals surface area contributed by atoms with Crippen molar-refractivity contribution in [2.75, 3.05) is 19.0 Å². The predicted octanol–water partition coefficient (Wildman–Crippen LogP) is 6.27. The second-order valence-electron chi connectivity index (χ2n) is 6.29. The summed E-state index contributed by atoms with van der Waals surface area (Å²) in [5.74, 6) is 1.04. The normalized spacial score (nSPS) is 10.9. The minimum absolute atomic E-state index is 0.226. The first-order chi connectivity index (χ1) is 15.1. The lowest BCUT2D eigenvalue weighted by Gasteiger charge is -2.03. The van der Waals surface area contributed by atoms with Crippen LogP contribution in [0.25, 0.3) is 11.0 Å². The number of rotatable bonds is 8. The smallest absolute Gasteiger partial charge is 0.374 e. The number of nitrogens with zero attached hydrogens (tertiary/aromatic N) is 2. The molecule has 0 saturated heterocycles. The van der Waals surface area contributed by atoms with Gasteiger partial charge in [-0.25, -0.2) is 4.79 Å². The molecular formula is C21H18BrN3O4S2. The molecular weight excluding hydrogens is 502 g/mol. The van der Waals surface area contributed by atoms with Gasteiger partial charge in [0.1, 0.15) is 11.3 Å². The molecule has 2 aromatic heterocycles. The zero-order valence-corrected chi connectivity index (χ0v) is 19.9. The van der Waals surface area contributed by atoms with Crippen LogP contribution < -0.4 is 10.1 Å². The summed E-state index contributed by atoms with van der Waals surface area (Å²) in [4.78, 5) is 12.4. The van der Waals surface area contributed by atoms with E-state index in [2.05, 4.69) is 31.4 Å². The monoisotopic (exact) mass is 519 g/mol. The number of benzene rings is 2. The lowest BCUT2D eigenvalue weighted by molar-refractivity contribution is 0.0491. The Morgan fingerprint density at radius 3 is 2.77 bits per heavy atom. The molecule has 0 unspecified atom stereocenters. The molecule has 4 rings (SSSR count). The average molecular weight is 520 g/mol. The third kappa shape index (κ3) is 5.03. The summed E-state index contributed by atoms with van der Waals surface area (Å²) >= 11 is 6.41. The summed E-state index contributed by atoms with van der Waals surface area (Å²) in [6.07, 6.45) is 0. The first-order valence-electron chi connectivity index (χ1n) is 9.32. The maximum atomic E-state index is 12.4. The summed E-state index contributed by atoms with van der Waals surface area (Å²) in [5, 5.41) is 13.2. The molecule has 0 amide bonds. The van der Waals surface area contributed by atoms with Crippen LogP contribution in [0.1, 0.15) is 23.0 Å². The maximum Gasteiger partial charge on any atom is 0.374 e. The van der Waals surface area contributed by atoms with Gasteiger partial charge in [-0.1, -0.05) is 39.0 Å². The van der Waals surface area contributed by atoms with E-state index in [-0.39, 0.29) is 12.4 Å². The zero-order valence-electron chi connectivity index (χ0n) is 16.7. The van der Waals surface area contributed by atoms with Crippen molar-refractivity contribution < 1.29 is 18.7 Å². The van der Waals surface area contributed by atoms with E-state index in [4.69, 9.17) is 13.9 Å². The van der Waals surface area contributed by atoms with Crippen molar-refractivity contribution >= 4 is 66.8 Å². The van der Waals surface area contributed by atoms with Gasteiger partial charge < -0.3 is 19.2 Å². The molecule has 0 saturated carbocycles. The molecule has 31 heavy (non-hydrogen) atoms. The molecule has 0 aliphatic carbocycles. The highest BCUT2D eigenvalue weighted by atomic mass is 79.9. The van der Waals surface area contributed by atoms with Gasteiger partial charge in [0.2, 0.25) is 10.9 Å². The quantitative estimate of drug-likeness (QED) is 0.215. The number of hydrogen-bond donors (Lipinski definition) is 1. The van der Waals surface area contributed by atoms with Gasteiger partial charge in [-0.15, -0.1) is 10.2 Å². The van der Waals surface area contributed by atoms with Crippen molar-refractivity contribution in [1.82, 2.24) is 10.2 Å². The fraction of sp³-hybridized carbons (Fsp3) is 0.190. The largest absolute Gasteiger partial charge is 0.497 e. The molecule has 4 aromatic rings. The van der Waals surface area contributed by atoms with Crippen LogP contribution >= 0.6 is 39.0 Å². The Bertz CT molecular complexity index is 1210. The third-order valence-electron chi connectivity index (χ3n) is 4.30. The number of carbonyl (C=O) groups is 1. The Morgan fingerprint density at radius 1 is 1.23 bits per heavy atom.